The zero-order chi connectivity index (χ0) is 14.9. The highest BCUT2D eigenvalue weighted by molar-refractivity contribution is 9.10. The first kappa shape index (κ1) is 15.2. The Labute approximate surface area is 125 Å². The number of nitrogen functional groups attached to an aromatic ring is 1. The van der Waals surface area contributed by atoms with Crippen LogP contribution >= 0.6 is 15.9 Å². The van der Waals surface area contributed by atoms with Gasteiger partial charge in [0.15, 0.2) is 0 Å². The molecule has 0 radical (unpaired) electrons. The Hall–Kier alpha value is -1.17. The van der Waals surface area contributed by atoms with Gasteiger partial charge in [0.25, 0.3) is 0 Å². The number of rotatable bonds is 2. The van der Waals surface area contributed by atoms with Gasteiger partial charge >= 0.3 is 0 Å². The number of carbonyl (C=O) groups is 1. The van der Waals surface area contributed by atoms with Gasteiger partial charge in [-0.2, -0.15) is 0 Å². The molecule has 0 aromatic heterocycles. The van der Waals surface area contributed by atoms with E-state index in [9.17, 15) is 13.6 Å². The van der Waals surface area contributed by atoms with Crippen molar-refractivity contribution in [2.45, 2.75) is 31.6 Å². The topological polar surface area (TPSA) is 46.3 Å². The maximum absolute atomic E-state index is 13.1. The highest BCUT2D eigenvalue weighted by atomic mass is 79.9. The molecule has 6 heteroatoms. The molecular weight excluding hydrogens is 330 g/mol. The van der Waals surface area contributed by atoms with Crippen molar-refractivity contribution >= 4 is 33.2 Å². The van der Waals surface area contributed by atoms with Gasteiger partial charge in [-0.05, 0) is 31.0 Å². The van der Waals surface area contributed by atoms with E-state index in [1.54, 1.807) is 25.2 Å². The Balaban J connectivity index is 2.09. The maximum atomic E-state index is 13.1. The van der Waals surface area contributed by atoms with Crippen LogP contribution in [0.15, 0.2) is 22.7 Å². The van der Waals surface area contributed by atoms with Crippen molar-refractivity contribution < 1.29 is 13.6 Å². The summed E-state index contributed by atoms with van der Waals surface area (Å²) in [5.74, 6) is -3.11. The highest BCUT2D eigenvalue weighted by Gasteiger charge is 2.38. The summed E-state index contributed by atoms with van der Waals surface area (Å²) >= 11 is 3.30. The van der Waals surface area contributed by atoms with E-state index in [1.165, 1.54) is 4.90 Å². The smallest absolute Gasteiger partial charge is 0.248 e. The molecule has 1 aromatic rings. The van der Waals surface area contributed by atoms with Crippen molar-refractivity contribution in [3.05, 3.63) is 22.7 Å². The van der Waals surface area contributed by atoms with E-state index in [0.29, 0.717) is 11.4 Å². The molecule has 0 aliphatic heterocycles. The first-order valence-corrected chi connectivity index (χ1v) is 7.30. The van der Waals surface area contributed by atoms with Crippen molar-refractivity contribution in [2.75, 3.05) is 17.7 Å². The number of nitrogens with zero attached hydrogens (tertiary/aromatic N) is 1. The van der Waals surface area contributed by atoms with Gasteiger partial charge in [0.05, 0.1) is 11.4 Å². The van der Waals surface area contributed by atoms with Crippen LogP contribution in [0, 0.1) is 5.92 Å². The van der Waals surface area contributed by atoms with Gasteiger partial charge in [-0.1, -0.05) is 15.9 Å². The molecular formula is C14H17BrF2N2O. The van der Waals surface area contributed by atoms with Gasteiger partial charge in [0.1, 0.15) is 0 Å². The molecule has 2 N–H and O–H groups in total. The first-order valence-electron chi connectivity index (χ1n) is 6.50. The van der Waals surface area contributed by atoms with Crippen molar-refractivity contribution in [3.63, 3.8) is 0 Å². The molecule has 2 rings (SSSR count). The highest BCUT2D eigenvalue weighted by Crippen LogP contribution is 2.37. The Morgan fingerprint density at radius 3 is 2.55 bits per heavy atom. The van der Waals surface area contributed by atoms with Gasteiger partial charge in [-0.15, -0.1) is 0 Å². The number of anilines is 2. The fraction of sp³-hybridized carbons (Fsp3) is 0.500. The molecule has 1 aromatic carbocycles. The van der Waals surface area contributed by atoms with E-state index in [4.69, 9.17) is 5.73 Å². The van der Waals surface area contributed by atoms with Crippen LogP contribution in [0.1, 0.15) is 25.7 Å². The van der Waals surface area contributed by atoms with Gasteiger partial charge in [0.2, 0.25) is 11.8 Å². The quantitative estimate of drug-likeness (QED) is 0.827. The molecule has 20 heavy (non-hydrogen) atoms. The lowest BCUT2D eigenvalue weighted by molar-refractivity contribution is -0.126. The molecule has 1 saturated carbocycles. The van der Waals surface area contributed by atoms with Crippen LogP contribution in [0.2, 0.25) is 0 Å². The normalized spacial score (nSPS) is 18.8. The monoisotopic (exact) mass is 346 g/mol. The average molecular weight is 347 g/mol. The number of benzene rings is 1. The molecule has 1 aliphatic rings. The molecule has 0 unspecified atom stereocenters. The molecule has 110 valence electrons. The second-order valence-electron chi connectivity index (χ2n) is 5.23. The van der Waals surface area contributed by atoms with Crippen LogP contribution < -0.4 is 10.6 Å². The van der Waals surface area contributed by atoms with Gasteiger partial charge < -0.3 is 10.6 Å². The molecule has 1 amide bonds. The van der Waals surface area contributed by atoms with Crippen LogP contribution in [0.3, 0.4) is 0 Å². The van der Waals surface area contributed by atoms with Crippen molar-refractivity contribution in [1.82, 2.24) is 0 Å². The van der Waals surface area contributed by atoms with Gasteiger partial charge in [0, 0.05) is 30.3 Å². The summed E-state index contributed by atoms with van der Waals surface area (Å²) in [5, 5.41) is 0. The van der Waals surface area contributed by atoms with Crippen molar-refractivity contribution in [2.24, 2.45) is 5.92 Å². The number of nitrogens with two attached hydrogens (primary N) is 1. The Morgan fingerprint density at radius 2 is 2.00 bits per heavy atom. The third-order valence-corrected chi connectivity index (χ3v) is 4.24. The van der Waals surface area contributed by atoms with Crippen molar-refractivity contribution in [3.8, 4) is 0 Å². The molecule has 1 fully saturated rings. The van der Waals surface area contributed by atoms with Gasteiger partial charge in [-0.3, -0.25) is 4.79 Å². The van der Waals surface area contributed by atoms with Crippen molar-refractivity contribution in [1.29, 1.82) is 0 Å². The second kappa shape index (κ2) is 5.68. The molecule has 0 atom stereocenters. The van der Waals surface area contributed by atoms with E-state index in [0.717, 1.165) is 4.47 Å². The molecule has 0 heterocycles. The summed E-state index contributed by atoms with van der Waals surface area (Å²) in [6.45, 7) is 0. The summed E-state index contributed by atoms with van der Waals surface area (Å²) in [5.41, 5.74) is 6.98. The Morgan fingerprint density at radius 1 is 1.40 bits per heavy atom. The fourth-order valence-electron chi connectivity index (χ4n) is 2.51. The van der Waals surface area contributed by atoms with E-state index in [1.807, 2.05) is 0 Å². The van der Waals surface area contributed by atoms with Crippen LogP contribution in [-0.2, 0) is 4.79 Å². The standard InChI is InChI=1S/C14H17BrF2N2O/c1-19(12-3-2-10(15)8-11(12)18)13(20)9-4-6-14(16,17)7-5-9/h2-3,8-9H,4-7,18H2,1H3. The predicted octanol–water partition coefficient (Wildman–Crippen LogP) is 3.82. The first-order chi connectivity index (χ1) is 9.30. The molecule has 0 spiro atoms. The SMILES string of the molecule is CN(C(=O)C1CCC(F)(F)CC1)c1ccc(Br)cc1N. The molecule has 0 saturated heterocycles. The predicted molar refractivity (Wildman–Crippen MR) is 78.9 cm³/mol. The minimum Gasteiger partial charge on any atom is -0.397 e. The lowest BCUT2D eigenvalue weighted by Gasteiger charge is -2.30. The van der Waals surface area contributed by atoms with E-state index in [2.05, 4.69) is 15.9 Å². The summed E-state index contributed by atoms with van der Waals surface area (Å²) in [6, 6.07) is 5.26. The third-order valence-electron chi connectivity index (χ3n) is 3.75. The zero-order valence-corrected chi connectivity index (χ0v) is 12.8. The summed E-state index contributed by atoms with van der Waals surface area (Å²) in [6.07, 6.45) is 0.0271. The second-order valence-corrected chi connectivity index (χ2v) is 6.15. The minimum absolute atomic E-state index is 0.144. The van der Waals surface area contributed by atoms with E-state index < -0.39 is 5.92 Å². The number of alkyl halides is 2. The van der Waals surface area contributed by atoms with Crippen LogP contribution in [0.5, 0.6) is 0 Å². The summed E-state index contributed by atoms with van der Waals surface area (Å²) in [7, 11) is 1.63. The zero-order valence-electron chi connectivity index (χ0n) is 11.2. The molecule has 0 bridgehead atoms. The molecule has 1 aliphatic carbocycles. The summed E-state index contributed by atoms with van der Waals surface area (Å²) < 4.78 is 27.1. The minimum atomic E-state index is -2.62. The Kier molecular flexibility index (Phi) is 4.32. The number of carbonyl (C=O) groups excluding carboxylic acids is 1. The number of hydrogen-bond donors (Lipinski definition) is 1. The van der Waals surface area contributed by atoms with E-state index in [-0.39, 0.29) is 37.5 Å². The average Bonchev–Trinajstić information content (AvgIpc) is 2.37. The van der Waals surface area contributed by atoms with E-state index >= 15 is 0 Å². The summed E-state index contributed by atoms with van der Waals surface area (Å²) in [4.78, 5) is 13.8. The number of halogens is 3. The van der Waals surface area contributed by atoms with Gasteiger partial charge in [-0.25, -0.2) is 8.78 Å². The number of hydrogen-bond acceptors (Lipinski definition) is 2. The van der Waals surface area contributed by atoms with Crippen LogP contribution in [0.25, 0.3) is 0 Å². The number of amides is 1. The fourth-order valence-corrected chi connectivity index (χ4v) is 2.89. The van der Waals surface area contributed by atoms with Crippen LogP contribution in [-0.4, -0.2) is 18.9 Å². The maximum Gasteiger partial charge on any atom is 0.248 e. The lowest BCUT2D eigenvalue weighted by atomic mass is 9.86. The Bertz CT molecular complexity index is 512. The lowest BCUT2D eigenvalue weighted by Crippen LogP contribution is -2.37. The third kappa shape index (κ3) is 3.29. The molecule has 3 nitrogen and oxygen atoms in total. The largest absolute Gasteiger partial charge is 0.397 e. The van der Waals surface area contributed by atoms with Crippen LogP contribution in [0.4, 0.5) is 20.2 Å².